The highest BCUT2D eigenvalue weighted by molar-refractivity contribution is 5.71. The Labute approximate surface area is 126 Å². The van der Waals surface area contributed by atoms with E-state index in [9.17, 15) is 0 Å². The second-order valence-corrected chi connectivity index (χ2v) is 5.97. The predicted octanol–water partition coefficient (Wildman–Crippen LogP) is 3.14. The van der Waals surface area contributed by atoms with Gasteiger partial charge in [-0.05, 0) is 25.0 Å². The molecule has 0 spiro atoms. The third-order valence-corrected chi connectivity index (χ3v) is 4.04. The van der Waals surface area contributed by atoms with Gasteiger partial charge < -0.3 is 10.6 Å². The minimum Gasteiger partial charge on any atom is -0.335 e. The van der Waals surface area contributed by atoms with Gasteiger partial charge in [-0.2, -0.15) is 0 Å². The summed E-state index contributed by atoms with van der Waals surface area (Å²) in [5.41, 5.74) is 10.5. The highest BCUT2D eigenvalue weighted by Gasteiger charge is 2.29. The maximum absolute atomic E-state index is 5.94. The number of rotatable bonds is 3. The number of fused-ring (bicyclic) bond motifs is 1. The minimum absolute atomic E-state index is 0.313. The van der Waals surface area contributed by atoms with Crippen LogP contribution in [0.3, 0.4) is 0 Å². The van der Waals surface area contributed by atoms with Crippen LogP contribution in [-0.4, -0.2) is 16.0 Å². The zero-order valence-electron chi connectivity index (χ0n) is 12.9. The van der Waals surface area contributed by atoms with Gasteiger partial charge in [-0.15, -0.1) is 0 Å². The Kier molecular flexibility index (Phi) is 3.64. The number of benzene rings is 1. The summed E-state index contributed by atoms with van der Waals surface area (Å²) in [5, 5.41) is 0. The number of anilines is 2. The Balaban J connectivity index is 2.08. The van der Waals surface area contributed by atoms with Crippen LogP contribution in [0.2, 0.25) is 0 Å². The molecule has 2 N–H and O–H groups in total. The lowest BCUT2D eigenvalue weighted by atomic mass is 10.1. The van der Waals surface area contributed by atoms with E-state index < -0.39 is 0 Å². The fraction of sp³-hybridized carbons (Fsp3) is 0.412. The van der Waals surface area contributed by atoms with Crippen molar-refractivity contribution in [2.24, 2.45) is 5.73 Å². The third-order valence-electron chi connectivity index (χ3n) is 4.04. The van der Waals surface area contributed by atoms with E-state index in [-0.39, 0.29) is 0 Å². The van der Waals surface area contributed by atoms with Crippen molar-refractivity contribution in [2.75, 3.05) is 4.90 Å². The van der Waals surface area contributed by atoms with Crippen molar-refractivity contribution < 1.29 is 0 Å². The summed E-state index contributed by atoms with van der Waals surface area (Å²) in [4.78, 5) is 11.5. The molecule has 4 nitrogen and oxygen atoms in total. The summed E-state index contributed by atoms with van der Waals surface area (Å²) < 4.78 is 0. The molecular formula is C17H22N4. The lowest BCUT2D eigenvalue weighted by Gasteiger charge is -2.26. The molecule has 0 amide bonds. The summed E-state index contributed by atoms with van der Waals surface area (Å²) in [5.74, 6) is 1.17. The molecule has 0 saturated heterocycles. The molecule has 110 valence electrons. The van der Waals surface area contributed by atoms with Crippen LogP contribution in [0.15, 0.2) is 30.5 Å². The Morgan fingerprint density at radius 1 is 1.29 bits per heavy atom. The van der Waals surface area contributed by atoms with Crippen LogP contribution in [0, 0.1) is 0 Å². The van der Waals surface area contributed by atoms with E-state index in [1.54, 1.807) is 0 Å². The monoisotopic (exact) mass is 282 g/mol. The van der Waals surface area contributed by atoms with Gasteiger partial charge in [-0.1, -0.05) is 32.0 Å². The molecule has 0 bridgehead atoms. The van der Waals surface area contributed by atoms with Gasteiger partial charge in [0.05, 0.1) is 17.6 Å². The van der Waals surface area contributed by atoms with E-state index >= 15 is 0 Å². The van der Waals surface area contributed by atoms with Crippen molar-refractivity contribution in [1.82, 2.24) is 9.97 Å². The van der Waals surface area contributed by atoms with E-state index in [1.807, 2.05) is 6.20 Å². The predicted molar refractivity (Wildman–Crippen MR) is 85.8 cm³/mol. The van der Waals surface area contributed by atoms with Gasteiger partial charge in [0, 0.05) is 24.2 Å². The van der Waals surface area contributed by atoms with Crippen molar-refractivity contribution in [3.63, 3.8) is 0 Å². The molecule has 0 fully saturated rings. The molecule has 1 atom stereocenters. The maximum Gasteiger partial charge on any atom is 0.131 e. The normalized spacial score (nSPS) is 17.4. The van der Waals surface area contributed by atoms with E-state index in [0.29, 0.717) is 18.5 Å². The molecule has 1 aromatic carbocycles. The van der Waals surface area contributed by atoms with Crippen LogP contribution in [0.4, 0.5) is 11.4 Å². The fourth-order valence-corrected chi connectivity index (χ4v) is 2.99. The molecule has 1 unspecified atom stereocenters. The first-order valence-electron chi connectivity index (χ1n) is 7.54. The summed E-state index contributed by atoms with van der Waals surface area (Å²) >= 11 is 0. The molecule has 4 heteroatoms. The van der Waals surface area contributed by atoms with E-state index in [2.05, 4.69) is 59.9 Å². The van der Waals surface area contributed by atoms with Crippen LogP contribution in [-0.2, 0) is 13.0 Å². The fourth-order valence-electron chi connectivity index (χ4n) is 2.99. The molecule has 0 radical (unpaired) electrons. The molecule has 21 heavy (non-hydrogen) atoms. The Hall–Kier alpha value is -1.94. The first-order chi connectivity index (χ1) is 10.1. The molecule has 0 saturated carbocycles. The highest BCUT2D eigenvalue weighted by Crippen LogP contribution is 2.39. The quantitative estimate of drug-likeness (QED) is 0.939. The molecule has 0 aliphatic carbocycles. The number of nitrogens with zero attached hydrogens (tertiary/aromatic N) is 3. The van der Waals surface area contributed by atoms with Gasteiger partial charge in [-0.25, -0.2) is 9.97 Å². The summed E-state index contributed by atoms with van der Waals surface area (Å²) in [7, 11) is 0. The topological polar surface area (TPSA) is 55.0 Å². The van der Waals surface area contributed by atoms with Crippen molar-refractivity contribution in [3.05, 3.63) is 47.5 Å². The van der Waals surface area contributed by atoms with Crippen molar-refractivity contribution in [3.8, 4) is 0 Å². The Bertz CT molecular complexity index is 651. The van der Waals surface area contributed by atoms with Gasteiger partial charge in [0.1, 0.15) is 5.82 Å². The van der Waals surface area contributed by atoms with Gasteiger partial charge in [0.25, 0.3) is 0 Å². The minimum atomic E-state index is 0.313. The van der Waals surface area contributed by atoms with E-state index in [4.69, 9.17) is 5.73 Å². The second-order valence-electron chi connectivity index (χ2n) is 5.97. The van der Waals surface area contributed by atoms with E-state index in [0.717, 1.165) is 23.6 Å². The number of para-hydroxylation sites is 1. The second kappa shape index (κ2) is 5.45. The van der Waals surface area contributed by atoms with Crippen LogP contribution in [0.25, 0.3) is 0 Å². The summed E-state index contributed by atoms with van der Waals surface area (Å²) in [6.45, 7) is 6.87. The standard InChI is InChI=1S/C17H22N4/c1-11(2)17-19-10-16(14(9-18)20-17)21-12(3)8-13-6-4-5-7-15(13)21/h4-7,10-12H,8-9,18H2,1-3H3. The molecule has 1 aromatic heterocycles. The average molecular weight is 282 g/mol. The van der Waals surface area contributed by atoms with E-state index in [1.165, 1.54) is 11.3 Å². The molecular weight excluding hydrogens is 260 g/mol. The smallest absolute Gasteiger partial charge is 0.131 e. The van der Waals surface area contributed by atoms with Gasteiger partial charge in [0.2, 0.25) is 0 Å². The molecule has 1 aliphatic rings. The van der Waals surface area contributed by atoms with Gasteiger partial charge >= 0.3 is 0 Å². The van der Waals surface area contributed by atoms with Crippen molar-refractivity contribution >= 4 is 11.4 Å². The average Bonchev–Trinajstić information content (AvgIpc) is 2.82. The van der Waals surface area contributed by atoms with Crippen LogP contribution in [0.5, 0.6) is 0 Å². The lowest BCUT2D eigenvalue weighted by Crippen LogP contribution is -2.26. The molecule has 3 rings (SSSR count). The van der Waals surface area contributed by atoms with Crippen LogP contribution in [0.1, 0.15) is 43.8 Å². The molecule has 2 heterocycles. The summed E-state index contributed by atoms with van der Waals surface area (Å²) in [6.07, 6.45) is 2.98. The molecule has 2 aromatic rings. The van der Waals surface area contributed by atoms with Crippen LogP contribution < -0.4 is 10.6 Å². The van der Waals surface area contributed by atoms with Crippen molar-refractivity contribution in [1.29, 1.82) is 0 Å². The zero-order valence-corrected chi connectivity index (χ0v) is 12.9. The number of nitrogens with two attached hydrogens (primary N) is 1. The number of aromatic nitrogens is 2. The SMILES string of the molecule is CC(C)c1ncc(N2c3ccccc3CC2C)c(CN)n1. The van der Waals surface area contributed by atoms with Gasteiger partial charge in [-0.3, -0.25) is 0 Å². The lowest BCUT2D eigenvalue weighted by molar-refractivity contribution is 0.726. The third kappa shape index (κ3) is 2.40. The maximum atomic E-state index is 5.94. The molecule has 1 aliphatic heterocycles. The van der Waals surface area contributed by atoms with Crippen LogP contribution >= 0.6 is 0 Å². The summed E-state index contributed by atoms with van der Waals surface area (Å²) in [6, 6.07) is 8.93. The Morgan fingerprint density at radius 2 is 2.05 bits per heavy atom. The van der Waals surface area contributed by atoms with Crippen molar-refractivity contribution in [2.45, 2.75) is 45.7 Å². The number of hydrogen-bond donors (Lipinski definition) is 1. The first kappa shape index (κ1) is 14.0. The zero-order chi connectivity index (χ0) is 15.0. The highest BCUT2D eigenvalue weighted by atomic mass is 15.2. The van der Waals surface area contributed by atoms with Gasteiger partial charge in [0.15, 0.2) is 0 Å². The first-order valence-corrected chi connectivity index (χ1v) is 7.54. The number of hydrogen-bond acceptors (Lipinski definition) is 4. The Morgan fingerprint density at radius 3 is 2.76 bits per heavy atom. The largest absolute Gasteiger partial charge is 0.335 e.